The van der Waals surface area contributed by atoms with Crippen LogP contribution in [0, 0.1) is 0 Å². The monoisotopic (exact) mass is 228 g/mol. The molecule has 0 aliphatic rings. The molecule has 0 aliphatic heterocycles. The van der Waals surface area contributed by atoms with Crippen molar-refractivity contribution in [2.24, 2.45) is 0 Å². The number of carbonyl (C=O) groups is 1. The molecule has 5 heteroatoms. The Kier molecular flexibility index (Phi) is 5.96. The van der Waals surface area contributed by atoms with Gasteiger partial charge in [-0.15, -0.1) is 11.3 Å². The van der Waals surface area contributed by atoms with E-state index in [2.05, 4.69) is 10.3 Å². The van der Waals surface area contributed by atoms with Crippen molar-refractivity contribution in [1.29, 1.82) is 0 Å². The van der Waals surface area contributed by atoms with Crippen molar-refractivity contribution in [2.45, 2.75) is 25.7 Å². The molecule has 4 nitrogen and oxygen atoms in total. The summed E-state index contributed by atoms with van der Waals surface area (Å²) < 4.78 is 0. The zero-order valence-corrected chi connectivity index (χ0v) is 9.42. The number of aliphatic hydroxyl groups is 1. The molecule has 0 spiro atoms. The molecule has 0 fully saturated rings. The Morgan fingerprint density at radius 3 is 3.07 bits per heavy atom. The summed E-state index contributed by atoms with van der Waals surface area (Å²) in [5, 5.41) is 14.3. The van der Waals surface area contributed by atoms with Gasteiger partial charge in [0.1, 0.15) is 0 Å². The van der Waals surface area contributed by atoms with Crippen LogP contribution in [0.5, 0.6) is 0 Å². The fourth-order valence-electron chi connectivity index (χ4n) is 1.17. The van der Waals surface area contributed by atoms with Gasteiger partial charge in [-0.1, -0.05) is 0 Å². The van der Waals surface area contributed by atoms with Gasteiger partial charge in [0.25, 0.3) is 0 Å². The molecule has 1 heterocycles. The van der Waals surface area contributed by atoms with Crippen molar-refractivity contribution in [1.82, 2.24) is 10.3 Å². The molecule has 0 aromatic carbocycles. The van der Waals surface area contributed by atoms with E-state index >= 15 is 0 Å². The number of aliphatic hydroxyl groups excluding tert-OH is 1. The Bertz CT molecular complexity index is 275. The maximum atomic E-state index is 11.2. The molecule has 1 amide bonds. The average molecular weight is 228 g/mol. The van der Waals surface area contributed by atoms with Crippen LogP contribution in [0.15, 0.2) is 11.6 Å². The van der Waals surface area contributed by atoms with Crippen LogP contribution in [0.4, 0.5) is 0 Å². The largest absolute Gasteiger partial charge is 0.396 e. The Labute approximate surface area is 93.4 Å². The SMILES string of the molecule is O=C(CCCCO)NCCc1nccs1. The summed E-state index contributed by atoms with van der Waals surface area (Å²) in [7, 11) is 0. The minimum absolute atomic E-state index is 0.0556. The van der Waals surface area contributed by atoms with Crippen LogP contribution in [-0.2, 0) is 11.2 Å². The molecule has 0 saturated carbocycles. The summed E-state index contributed by atoms with van der Waals surface area (Å²) in [4.78, 5) is 15.4. The van der Waals surface area contributed by atoms with Gasteiger partial charge in [0.2, 0.25) is 5.91 Å². The van der Waals surface area contributed by atoms with Gasteiger partial charge in [-0.25, -0.2) is 4.98 Å². The van der Waals surface area contributed by atoms with Gasteiger partial charge >= 0.3 is 0 Å². The van der Waals surface area contributed by atoms with Crippen LogP contribution in [0.2, 0.25) is 0 Å². The topological polar surface area (TPSA) is 62.2 Å². The standard InChI is InChI=1S/C10H16N2O2S/c13-7-2-1-3-9(14)11-5-4-10-12-6-8-15-10/h6,8,13H,1-5,7H2,(H,11,14). The number of carbonyl (C=O) groups excluding carboxylic acids is 1. The molecular formula is C10H16N2O2S. The minimum Gasteiger partial charge on any atom is -0.396 e. The first kappa shape index (κ1) is 12.1. The summed E-state index contributed by atoms with van der Waals surface area (Å²) in [6.07, 6.45) is 4.50. The smallest absolute Gasteiger partial charge is 0.220 e. The molecule has 0 aliphatic carbocycles. The van der Waals surface area contributed by atoms with E-state index in [1.807, 2.05) is 5.38 Å². The van der Waals surface area contributed by atoms with Crippen LogP contribution >= 0.6 is 11.3 Å². The Morgan fingerprint density at radius 1 is 1.53 bits per heavy atom. The van der Waals surface area contributed by atoms with Gasteiger partial charge < -0.3 is 10.4 Å². The molecule has 1 aromatic rings. The summed E-state index contributed by atoms with van der Waals surface area (Å²) in [6.45, 7) is 0.803. The van der Waals surface area contributed by atoms with Crippen LogP contribution in [0.25, 0.3) is 0 Å². The van der Waals surface area contributed by atoms with E-state index in [9.17, 15) is 4.79 Å². The lowest BCUT2D eigenvalue weighted by Gasteiger charge is -2.02. The number of rotatable bonds is 7. The lowest BCUT2D eigenvalue weighted by Crippen LogP contribution is -2.25. The van der Waals surface area contributed by atoms with Crippen molar-refractivity contribution in [2.75, 3.05) is 13.2 Å². The second-order valence-corrected chi connectivity index (χ2v) is 4.19. The molecule has 0 atom stereocenters. The number of hydrogen-bond acceptors (Lipinski definition) is 4. The molecule has 1 aromatic heterocycles. The average Bonchev–Trinajstić information content (AvgIpc) is 2.71. The lowest BCUT2D eigenvalue weighted by molar-refractivity contribution is -0.121. The van der Waals surface area contributed by atoms with Gasteiger partial charge in [-0.3, -0.25) is 4.79 Å². The highest BCUT2D eigenvalue weighted by atomic mass is 32.1. The summed E-state index contributed by atoms with van der Waals surface area (Å²) in [6, 6.07) is 0. The maximum absolute atomic E-state index is 11.2. The number of thiazole rings is 1. The van der Waals surface area contributed by atoms with Crippen molar-refractivity contribution >= 4 is 17.2 Å². The molecule has 15 heavy (non-hydrogen) atoms. The molecule has 0 unspecified atom stereocenters. The molecule has 2 N–H and O–H groups in total. The Balaban J connectivity index is 2.02. The fraction of sp³-hybridized carbons (Fsp3) is 0.600. The van der Waals surface area contributed by atoms with E-state index in [1.54, 1.807) is 17.5 Å². The summed E-state index contributed by atoms with van der Waals surface area (Å²) in [5.74, 6) is 0.0556. The van der Waals surface area contributed by atoms with Gasteiger partial charge in [0, 0.05) is 37.6 Å². The third-order valence-electron chi connectivity index (χ3n) is 1.96. The first-order chi connectivity index (χ1) is 7.33. The molecule has 0 saturated heterocycles. The summed E-state index contributed by atoms with van der Waals surface area (Å²) >= 11 is 1.60. The highest BCUT2D eigenvalue weighted by Gasteiger charge is 2.01. The van der Waals surface area contributed by atoms with Crippen molar-refractivity contribution in [3.05, 3.63) is 16.6 Å². The van der Waals surface area contributed by atoms with E-state index in [1.165, 1.54) is 0 Å². The number of amides is 1. The molecule has 1 rings (SSSR count). The van der Waals surface area contributed by atoms with Gasteiger partial charge in [-0.2, -0.15) is 0 Å². The maximum Gasteiger partial charge on any atom is 0.220 e. The molecular weight excluding hydrogens is 212 g/mol. The normalized spacial score (nSPS) is 10.2. The van der Waals surface area contributed by atoms with Crippen molar-refractivity contribution in [3.8, 4) is 0 Å². The highest BCUT2D eigenvalue weighted by molar-refractivity contribution is 7.09. The Hall–Kier alpha value is -0.940. The first-order valence-electron chi connectivity index (χ1n) is 5.09. The fourth-order valence-corrected chi connectivity index (χ4v) is 1.79. The second kappa shape index (κ2) is 7.36. The highest BCUT2D eigenvalue weighted by Crippen LogP contribution is 2.03. The number of unbranched alkanes of at least 4 members (excludes halogenated alkanes) is 1. The van der Waals surface area contributed by atoms with E-state index in [0.29, 0.717) is 19.4 Å². The zero-order valence-electron chi connectivity index (χ0n) is 8.61. The lowest BCUT2D eigenvalue weighted by atomic mass is 10.2. The molecule has 0 radical (unpaired) electrons. The van der Waals surface area contributed by atoms with E-state index in [4.69, 9.17) is 5.11 Å². The number of nitrogens with zero attached hydrogens (tertiary/aromatic N) is 1. The third kappa shape index (κ3) is 5.49. The predicted octanol–water partition coefficient (Wildman–Crippen LogP) is 0.964. The molecule has 84 valence electrons. The van der Waals surface area contributed by atoms with Gasteiger partial charge in [-0.05, 0) is 12.8 Å². The number of hydrogen-bond donors (Lipinski definition) is 2. The second-order valence-electron chi connectivity index (χ2n) is 3.21. The van der Waals surface area contributed by atoms with Crippen LogP contribution < -0.4 is 5.32 Å². The zero-order chi connectivity index (χ0) is 10.9. The van der Waals surface area contributed by atoms with E-state index < -0.39 is 0 Å². The quantitative estimate of drug-likeness (QED) is 0.683. The molecule has 0 bridgehead atoms. The van der Waals surface area contributed by atoms with Crippen LogP contribution in [0.1, 0.15) is 24.3 Å². The summed E-state index contributed by atoms with van der Waals surface area (Å²) in [5.41, 5.74) is 0. The first-order valence-corrected chi connectivity index (χ1v) is 5.97. The Morgan fingerprint density at radius 2 is 2.40 bits per heavy atom. The minimum atomic E-state index is 0.0556. The van der Waals surface area contributed by atoms with Crippen molar-refractivity contribution < 1.29 is 9.90 Å². The van der Waals surface area contributed by atoms with Crippen LogP contribution in [0.3, 0.4) is 0 Å². The van der Waals surface area contributed by atoms with Crippen LogP contribution in [-0.4, -0.2) is 29.1 Å². The van der Waals surface area contributed by atoms with E-state index in [-0.39, 0.29) is 12.5 Å². The van der Waals surface area contributed by atoms with Gasteiger partial charge in [0.15, 0.2) is 0 Å². The predicted molar refractivity (Wildman–Crippen MR) is 59.8 cm³/mol. The van der Waals surface area contributed by atoms with Crippen molar-refractivity contribution in [3.63, 3.8) is 0 Å². The third-order valence-corrected chi connectivity index (χ3v) is 2.80. The van der Waals surface area contributed by atoms with Gasteiger partial charge in [0.05, 0.1) is 5.01 Å². The number of nitrogens with one attached hydrogen (secondary N) is 1. The number of aromatic nitrogens is 1. The van der Waals surface area contributed by atoms with E-state index in [0.717, 1.165) is 17.8 Å².